The second-order valence-corrected chi connectivity index (χ2v) is 7.88. The van der Waals surface area contributed by atoms with E-state index in [0.717, 1.165) is 32.4 Å². The molecule has 0 radical (unpaired) electrons. The van der Waals surface area contributed by atoms with E-state index in [4.69, 9.17) is 16.3 Å². The Morgan fingerprint density at radius 1 is 1.12 bits per heavy atom. The number of hydrogen-bond donors (Lipinski definition) is 0. The Morgan fingerprint density at radius 3 is 2.50 bits per heavy atom. The smallest absolute Gasteiger partial charge is 0.257 e. The summed E-state index contributed by atoms with van der Waals surface area (Å²) in [7, 11) is 1.55. The lowest BCUT2D eigenvalue weighted by Crippen LogP contribution is -2.47. The van der Waals surface area contributed by atoms with Gasteiger partial charge in [-0.2, -0.15) is 0 Å². The molecule has 6 heteroatoms. The number of rotatable bonds is 3. The summed E-state index contributed by atoms with van der Waals surface area (Å²) in [6, 6.07) is 5.07. The van der Waals surface area contributed by atoms with E-state index < -0.39 is 0 Å². The monoisotopic (exact) mass is 378 g/mol. The molecule has 0 aliphatic carbocycles. The second kappa shape index (κ2) is 8.30. The summed E-state index contributed by atoms with van der Waals surface area (Å²) in [6.07, 6.45) is 3.74. The summed E-state index contributed by atoms with van der Waals surface area (Å²) in [5.74, 6) is 1.33. The molecule has 0 spiro atoms. The van der Waals surface area contributed by atoms with E-state index >= 15 is 0 Å². The molecule has 1 atom stereocenters. The van der Waals surface area contributed by atoms with E-state index in [1.807, 2.05) is 4.90 Å². The topological polar surface area (TPSA) is 49.9 Å². The van der Waals surface area contributed by atoms with Crippen molar-refractivity contribution >= 4 is 23.4 Å². The van der Waals surface area contributed by atoms with Gasteiger partial charge in [0.25, 0.3) is 5.91 Å². The zero-order chi connectivity index (χ0) is 18.7. The molecular formula is C20H27ClN2O3. The number of carbonyl (C=O) groups is 2. The highest BCUT2D eigenvalue weighted by Crippen LogP contribution is 2.28. The van der Waals surface area contributed by atoms with E-state index in [1.54, 1.807) is 30.2 Å². The number of halogens is 1. The van der Waals surface area contributed by atoms with E-state index in [-0.39, 0.29) is 17.7 Å². The van der Waals surface area contributed by atoms with Gasteiger partial charge in [-0.15, -0.1) is 0 Å². The Hall–Kier alpha value is -1.75. The third-order valence-corrected chi connectivity index (χ3v) is 5.73. The average molecular weight is 379 g/mol. The fourth-order valence-corrected chi connectivity index (χ4v) is 4.17. The quantitative estimate of drug-likeness (QED) is 0.809. The molecule has 0 aromatic heterocycles. The summed E-state index contributed by atoms with van der Waals surface area (Å²) in [4.78, 5) is 29.4. The highest BCUT2D eigenvalue weighted by molar-refractivity contribution is 6.31. The van der Waals surface area contributed by atoms with Crippen molar-refractivity contribution < 1.29 is 14.3 Å². The molecule has 3 rings (SSSR count). The molecule has 5 nitrogen and oxygen atoms in total. The number of benzene rings is 1. The molecule has 0 N–H and O–H groups in total. The molecule has 2 fully saturated rings. The molecule has 2 saturated heterocycles. The van der Waals surface area contributed by atoms with Crippen molar-refractivity contribution in [1.29, 1.82) is 0 Å². The minimum absolute atomic E-state index is 0.0330. The molecule has 0 bridgehead atoms. The number of likely N-dealkylation sites (tertiary alicyclic amines) is 2. The Balaban J connectivity index is 1.60. The van der Waals surface area contributed by atoms with Crippen molar-refractivity contribution in [2.45, 2.75) is 32.6 Å². The number of methoxy groups -OCH3 is 1. The predicted molar refractivity (Wildman–Crippen MR) is 102 cm³/mol. The first-order chi connectivity index (χ1) is 12.5. The fraction of sp³-hybridized carbons (Fsp3) is 0.600. The van der Waals surface area contributed by atoms with Crippen LogP contribution in [-0.4, -0.2) is 54.9 Å². The maximum absolute atomic E-state index is 12.8. The largest absolute Gasteiger partial charge is 0.496 e. The minimum Gasteiger partial charge on any atom is -0.496 e. The highest BCUT2D eigenvalue weighted by Gasteiger charge is 2.32. The lowest BCUT2D eigenvalue weighted by Gasteiger charge is -2.37. The normalized spacial score (nSPS) is 21.6. The number of ether oxygens (including phenoxy) is 1. The standard InChI is InChI=1S/C20H27ClN2O3/c1-14-4-3-9-23(13-14)19(24)15-7-10-22(11-8-15)20(25)17-12-16(21)5-6-18(17)26-2/h5-6,12,14-15H,3-4,7-11,13H2,1-2H3. The summed E-state index contributed by atoms with van der Waals surface area (Å²) >= 11 is 6.04. The third kappa shape index (κ3) is 4.14. The van der Waals surface area contributed by atoms with Crippen molar-refractivity contribution in [3.8, 4) is 5.75 Å². The number of hydrogen-bond acceptors (Lipinski definition) is 3. The first kappa shape index (κ1) is 19.0. The van der Waals surface area contributed by atoms with E-state index in [9.17, 15) is 9.59 Å². The Bertz CT molecular complexity index is 671. The van der Waals surface area contributed by atoms with E-state index in [1.165, 1.54) is 6.42 Å². The van der Waals surface area contributed by atoms with Crippen LogP contribution in [0.15, 0.2) is 18.2 Å². The van der Waals surface area contributed by atoms with Crippen LogP contribution in [0.2, 0.25) is 5.02 Å². The molecule has 0 saturated carbocycles. The molecule has 1 aromatic rings. The van der Waals surface area contributed by atoms with Crippen molar-refractivity contribution in [2.24, 2.45) is 11.8 Å². The van der Waals surface area contributed by atoms with E-state index in [0.29, 0.717) is 35.3 Å². The second-order valence-electron chi connectivity index (χ2n) is 7.44. The van der Waals surface area contributed by atoms with Crippen LogP contribution in [-0.2, 0) is 4.79 Å². The predicted octanol–water partition coefficient (Wildman–Crippen LogP) is 3.46. The van der Waals surface area contributed by atoms with Crippen LogP contribution in [0.4, 0.5) is 0 Å². The van der Waals surface area contributed by atoms with Gasteiger partial charge < -0.3 is 14.5 Å². The minimum atomic E-state index is -0.0816. The molecule has 1 aromatic carbocycles. The first-order valence-electron chi connectivity index (χ1n) is 9.41. The van der Waals surface area contributed by atoms with Crippen LogP contribution in [0.1, 0.15) is 43.0 Å². The van der Waals surface area contributed by atoms with Gasteiger partial charge in [-0.05, 0) is 49.8 Å². The Kier molecular flexibility index (Phi) is 6.07. The van der Waals surface area contributed by atoms with Gasteiger partial charge in [0.05, 0.1) is 12.7 Å². The third-order valence-electron chi connectivity index (χ3n) is 5.49. The van der Waals surface area contributed by atoms with Crippen molar-refractivity contribution in [3.63, 3.8) is 0 Å². The van der Waals surface area contributed by atoms with E-state index in [2.05, 4.69) is 6.92 Å². The summed E-state index contributed by atoms with van der Waals surface area (Å²) in [5.41, 5.74) is 0.481. The molecule has 1 unspecified atom stereocenters. The van der Waals surface area contributed by atoms with Gasteiger partial charge in [0.1, 0.15) is 5.75 Å². The van der Waals surface area contributed by atoms with Gasteiger partial charge in [0, 0.05) is 37.1 Å². The average Bonchev–Trinajstić information content (AvgIpc) is 2.67. The molecule has 26 heavy (non-hydrogen) atoms. The van der Waals surface area contributed by atoms with Crippen LogP contribution in [0.25, 0.3) is 0 Å². The number of carbonyl (C=O) groups excluding carboxylic acids is 2. The SMILES string of the molecule is COc1ccc(Cl)cc1C(=O)N1CCC(C(=O)N2CCCC(C)C2)CC1. The Labute approximate surface area is 160 Å². The maximum atomic E-state index is 12.8. The molecule has 142 valence electrons. The van der Waals surface area contributed by atoms with Gasteiger partial charge in [-0.3, -0.25) is 9.59 Å². The van der Waals surface area contributed by atoms with Gasteiger partial charge in [-0.25, -0.2) is 0 Å². The van der Waals surface area contributed by atoms with Crippen molar-refractivity contribution in [2.75, 3.05) is 33.3 Å². The van der Waals surface area contributed by atoms with Gasteiger partial charge in [-0.1, -0.05) is 18.5 Å². The maximum Gasteiger partial charge on any atom is 0.257 e. The highest BCUT2D eigenvalue weighted by atomic mass is 35.5. The van der Waals surface area contributed by atoms with Gasteiger partial charge >= 0.3 is 0 Å². The number of piperidine rings is 2. The van der Waals surface area contributed by atoms with Crippen LogP contribution in [0, 0.1) is 11.8 Å². The van der Waals surface area contributed by atoms with Gasteiger partial charge in [0.15, 0.2) is 0 Å². The number of amides is 2. The molecule has 2 heterocycles. The number of nitrogens with zero attached hydrogens (tertiary/aromatic N) is 2. The lowest BCUT2D eigenvalue weighted by molar-refractivity contribution is -0.138. The van der Waals surface area contributed by atoms with Crippen LogP contribution >= 0.6 is 11.6 Å². The van der Waals surface area contributed by atoms with Crippen LogP contribution < -0.4 is 4.74 Å². The molecule has 2 amide bonds. The van der Waals surface area contributed by atoms with Crippen molar-refractivity contribution in [1.82, 2.24) is 9.80 Å². The molecule has 2 aliphatic rings. The summed E-state index contributed by atoms with van der Waals surface area (Å²) in [5, 5.41) is 0.512. The van der Waals surface area contributed by atoms with Crippen LogP contribution in [0.3, 0.4) is 0 Å². The molecular weight excluding hydrogens is 352 g/mol. The zero-order valence-corrected chi connectivity index (χ0v) is 16.3. The fourth-order valence-electron chi connectivity index (χ4n) is 3.99. The van der Waals surface area contributed by atoms with Gasteiger partial charge in [0.2, 0.25) is 5.91 Å². The first-order valence-corrected chi connectivity index (χ1v) is 9.79. The molecule has 2 aliphatic heterocycles. The summed E-state index contributed by atoms with van der Waals surface area (Å²) < 4.78 is 5.29. The Morgan fingerprint density at radius 2 is 1.85 bits per heavy atom. The van der Waals surface area contributed by atoms with Crippen LogP contribution in [0.5, 0.6) is 5.75 Å². The zero-order valence-electron chi connectivity index (χ0n) is 15.5. The summed E-state index contributed by atoms with van der Waals surface area (Å²) in [6.45, 7) is 5.14. The van der Waals surface area contributed by atoms with Crippen molar-refractivity contribution in [3.05, 3.63) is 28.8 Å². The lowest BCUT2D eigenvalue weighted by atomic mass is 9.92.